The molecular weight excluding hydrogens is 749 g/mol. The summed E-state index contributed by atoms with van der Waals surface area (Å²) in [6.07, 6.45) is 0. The largest absolute Gasteiger partial charge is 0.309 e. The van der Waals surface area contributed by atoms with Crippen LogP contribution in [0.5, 0.6) is 0 Å². The van der Waals surface area contributed by atoms with Crippen LogP contribution >= 0.6 is 0 Å². The topological polar surface area (TPSA) is 9.86 Å². The van der Waals surface area contributed by atoms with Crippen molar-refractivity contribution in [2.45, 2.75) is 0 Å². The second-order valence-corrected chi connectivity index (χ2v) is 15.5. The Labute approximate surface area is 370 Å². The molecule has 2 aromatic heterocycles. The second kappa shape index (κ2) is 14.8. The van der Waals surface area contributed by atoms with Gasteiger partial charge in [-0.1, -0.05) is 194 Å². The lowest BCUT2D eigenvalue weighted by Crippen LogP contribution is -1.98. The quantitative estimate of drug-likeness (QED) is 0.152. The van der Waals surface area contributed by atoms with Crippen LogP contribution in [0, 0.1) is 0 Å². The molecule has 0 aliphatic carbocycles. The molecule has 290 valence electrons. The number of para-hydroxylation sites is 3. The van der Waals surface area contributed by atoms with E-state index in [9.17, 15) is 6.85 Å². The van der Waals surface area contributed by atoms with Crippen molar-refractivity contribution in [3.8, 4) is 67.0 Å². The van der Waals surface area contributed by atoms with Gasteiger partial charge < -0.3 is 9.13 Å². The third-order valence-electron chi connectivity index (χ3n) is 12.0. The number of nitrogens with zero attached hydrogens (tertiary/aromatic N) is 2. The smallest absolute Gasteiger partial charge is 0.0645 e. The number of fused-ring (bicyclic) bond motifs is 6. The second-order valence-electron chi connectivity index (χ2n) is 15.5. The number of hydrogen-bond acceptors (Lipinski definition) is 0. The first-order valence-electron chi connectivity index (χ1n) is 24.3. The molecule has 2 heteroatoms. The standard InChI is InChI=1S/C60H40N2/c1-4-15-41(16-5-1)42-27-29-43(30-28-42)44-31-35-49(36-32-44)61-57-26-13-11-22-52(57)54-39-47(33-37-58(54)61)48-34-38-59-55(40-48)53-24-14-23-51(46-19-8-3-9-20-46)60(53)62(59)56-25-12-10-21-50(56)45-17-6-2-7-18-45/h1-40H/i11D,13D,22D,26D,33D,37D,39D. The molecule has 10 aromatic carbocycles. The molecule has 0 radical (unpaired) electrons. The van der Waals surface area contributed by atoms with Crippen LogP contribution in [-0.4, -0.2) is 9.13 Å². The van der Waals surface area contributed by atoms with E-state index in [1.807, 2.05) is 103 Å². The van der Waals surface area contributed by atoms with Crippen LogP contribution in [0.1, 0.15) is 9.60 Å². The van der Waals surface area contributed by atoms with Crippen molar-refractivity contribution in [2.75, 3.05) is 0 Å². The average molecular weight is 796 g/mol. The third kappa shape index (κ3) is 5.96. The van der Waals surface area contributed by atoms with E-state index in [0.29, 0.717) is 11.3 Å². The van der Waals surface area contributed by atoms with Gasteiger partial charge in [-0.05, 0) is 93.0 Å². The first kappa shape index (κ1) is 29.1. The van der Waals surface area contributed by atoms with E-state index in [0.717, 1.165) is 72.0 Å². The molecule has 0 saturated carbocycles. The average Bonchev–Trinajstić information content (AvgIpc) is 3.94. The number of hydrogen-bond donors (Lipinski definition) is 0. The molecule has 0 atom stereocenters. The van der Waals surface area contributed by atoms with Crippen LogP contribution in [-0.2, 0) is 0 Å². The molecule has 12 rings (SSSR count). The fraction of sp³-hybridized carbons (Fsp3) is 0. The molecule has 0 aliphatic heterocycles. The predicted molar refractivity (Wildman–Crippen MR) is 262 cm³/mol. The number of aromatic nitrogens is 2. The van der Waals surface area contributed by atoms with Crippen molar-refractivity contribution >= 4 is 43.6 Å². The number of rotatable bonds is 7. The molecule has 2 heterocycles. The SMILES string of the molecule is [2H]c1c([2H])c([2H])c2c(c1[2H])c1c([2H])c(-c3ccc4c(c3)c3cccc(-c5ccccc5)c3n4-c3ccccc3-c3ccccc3)c([2H])c([2H])c1n2-c1ccc(-c2ccc(-c3ccccc3)cc2)cc1. The Hall–Kier alpha value is -8.20. The van der Waals surface area contributed by atoms with E-state index < -0.39 is 12.1 Å². The molecule has 0 spiro atoms. The van der Waals surface area contributed by atoms with Gasteiger partial charge in [0.25, 0.3) is 0 Å². The Kier molecular flexibility index (Phi) is 6.95. The highest BCUT2D eigenvalue weighted by molar-refractivity contribution is 6.16. The molecule has 0 saturated heterocycles. The lowest BCUT2D eigenvalue weighted by atomic mass is 9.99. The van der Waals surface area contributed by atoms with Gasteiger partial charge in [0.05, 0.1) is 37.3 Å². The lowest BCUT2D eigenvalue weighted by Gasteiger charge is -2.16. The monoisotopic (exact) mass is 795 g/mol. The molecule has 0 fully saturated rings. The van der Waals surface area contributed by atoms with Crippen molar-refractivity contribution < 1.29 is 9.60 Å². The molecule has 0 aliphatic rings. The van der Waals surface area contributed by atoms with Crippen LogP contribution in [0.25, 0.3) is 111 Å². The molecular formula is C60H40N2. The Morgan fingerprint density at radius 2 is 0.855 bits per heavy atom. The zero-order valence-electron chi connectivity index (χ0n) is 40.4. The van der Waals surface area contributed by atoms with Gasteiger partial charge in [0, 0.05) is 38.4 Å². The molecule has 62 heavy (non-hydrogen) atoms. The Morgan fingerprint density at radius 1 is 0.306 bits per heavy atom. The van der Waals surface area contributed by atoms with Crippen LogP contribution in [0.4, 0.5) is 0 Å². The zero-order chi connectivity index (χ0) is 47.1. The maximum atomic E-state index is 10.00. The predicted octanol–water partition coefficient (Wildman–Crippen LogP) is 16.2. The van der Waals surface area contributed by atoms with E-state index in [1.165, 1.54) is 0 Å². The van der Waals surface area contributed by atoms with E-state index in [-0.39, 0.29) is 57.6 Å². The first-order valence-corrected chi connectivity index (χ1v) is 20.8. The normalized spacial score (nSPS) is 13.1. The number of benzene rings is 10. The van der Waals surface area contributed by atoms with Gasteiger partial charge in [-0.25, -0.2) is 0 Å². The first-order chi connectivity index (χ1) is 33.7. The van der Waals surface area contributed by atoms with Crippen LogP contribution in [0.15, 0.2) is 242 Å². The summed E-state index contributed by atoms with van der Waals surface area (Å²) >= 11 is 0. The van der Waals surface area contributed by atoms with Crippen LogP contribution in [0.3, 0.4) is 0 Å². The van der Waals surface area contributed by atoms with Crippen LogP contribution in [0.2, 0.25) is 0 Å². The summed E-state index contributed by atoms with van der Waals surface area (Å²) in [7, 11) is 0. The van der Waals surface area contributed by atoms with E-state index in [4.69, 9.17) is 2.74 Å². The summed E-state index contributed by atoms with van der Waals surface area (Å²) in [5, 5.41) is 2.20. The van der Waals surface area contributed by atoms with Gasteiger partial charge in [0.15, 0.2) is 0 Å². The summed E-state index contributed by atoms with van der Waals surface area (Å²) < 4.78 is 69.4. The summed E-state index contributed by atoms with van der Waals surface area (Å²) in [5.41, 5.74) is 13.0. The minimum atomic E-state index is -0.428. The van der Waals surface area contributed by atoms with Crippen molar-refractivity contribution in [3.05, 3.63) is 242 Å². The molecule has 0 unspecified atom stereocenters. The highest BCUT2D eigenvalue weighted by Gasteiger charge is 2.20. The molecule has 0 amide bonds. The van der Waals surface area contributed by atoms with Crippen molar-refractivity contribution in [1.29, 1.82) is 0 Å². The van der Waals surface area contributed by atoms with E-state index >= 15 is 0 Å². The minimum Gasteiger partial charge on any atom is -0.309 e. The van der Waals surface area contributed by atoms with Crippen molar-refractivity contribution in [2.24, 2.45) is 0 Å². The van der Waals surface area contributed by atoms with Gasteiger partial charge in [-0.3, -0.25) is 0 Å². The lowest BCUT2D eigenvalue weighted by molar-refractivity contribution is 1.18. The Bertz CT molecular complexity index is 3990. The maximum absolute atomic E-state index is 10.00. The Morgan fingerprint density at radius 3 is 1.56 bits per heavy atom. The highest BCUT2D eigenvalue weighted by atomic mass is 15.0. The molecule has 0 bridgehead atoms. The highest BCUT2D eigenvalue weighted by Crippen LogP contribution is 2.43. The third-order valence-corrected chi connectivity index (χ3v) is 12.0. The van der Waals surface area contributed by atoms with Gasteiger partial charge in [0.1, 0.15) is 0 Å². The molecule has 12 aromatic rings. The summed E-state index contributed by atoms with van der Waals surface area (Å²) in [6, 6.07) is 65.5. The Balaban J connectivity index is 1.08. The fourth-order valence-electron chi connectivity index (χ4n) is 9.06. The van der Waals surface area contributed by atoms with Crippen LogP contribution < -0.4 is 0 Å². The molecule has 2 nitrogen and oxygen atoms in total. The zero-order valence-corrected chi connectivity index (χ0v) is 33.4. The minimum absolute atomic E-state index is 0.0857. The molecule has 0 N–H and O–H groups in total. The van der Waals surface area contributed by atoms with Gasteiger partial charge in [-0.2, -0.15) is 0 Å². The van der Waals surface area contributed by atoms with Crippen molar-refractivity contribution in [1.82, 2.24) is 9.13 Å². The van der Waals surface area contributed by atoms with Gasteiger partial charge in [-0.15, -0.1) is 0 Å². The van der Waals surface area contributed by atoms with E-state index in [1.54, 1.807) is 4.57 Å². The maximum Gasteiger partial charge on any atom is 0.0645 e. The van der Waals surface area contributed by atoms with Gasteiger partial charge >= 0.3 is 0 Å². The van der Waals surface area contributed by atoms with Crippen molar-refractivity contribution in [3.63, 3.8) is 0 Å². The summed E-state index contributed by atoms with van der Waals surface area (Å²) in [5.74, 6) is 0. The van der Waals surface area contributed by atoms with E-state index in [2.05, 4.69) is 102 Å². The fourth-order valence-corrected chi connectivity index (χ4v) is 9.06. The summed E-state index contributed by atoms with van der Waals surface area (Å²) in [6.45, 7) is 0. The van der Waals surface area contributed by atoms with Gasteiger partial charge in [0.2, 0.25) is 0 Å². The summed E-state index contributed by atoms with van der Waals surface area (Å²) in [4.78, 5) is 0.